The van der Waals surface area contributed by atoms with E-state index in [2.05, 4.69) is 5.32 Å². The zero-order valence-electron chi connectivity index (χ0n) is 12.1. The van der Waals surface area contributed by atoms with Crippen LogP contribution in [0.3, 0.4) is 0 Å². The van der Waals surface area contributed by atoms with Crippen LogP contribution in [0.15, 0.2) is 36.4 Å². The number of methoxy groups -OCH3 is 2. The largest absolute Gasteiger partial charge is 0.493 e. The zero-order chi connectivity index (χ0) is 15.7. The molecule has 0 spiro atoms. The van der Waals surface area contributed by atoms with E-state index in [0.717, 1.165) is 0 Å². The molecule has 1 aliphatic rings. The number of rotatable bonds is 4. The summed E-state index contributed by atoms with van der Waals surface area (Å²) in [6.07, 6.45) is -0.659. The molecule has 0 amide bonds. The Morgan fingerprint density at radius 2 is 1.82 bits per heavy atom. The number of anilines is 1. The monoisotopic (exact) mass is 303 g/mol. The molecule has 2 aromatic rings. The summed E-state index contributed by atoms with van der Waals surface area (Å²) in [4.78, 5) is 12.1. The maximum atomic E-state index is 12.9. The lowest BCUT2D eigenvalue weighted by molar-refractivity contribution is 0.0435. The highest BCUT2D eigenvalue weighted by atomic mass is 19.1. The Hall–Kier alpha value is -2.76. The normalized spacial score (nSPS) is 16.0. The first-order valence-electron chi connectivity index (χ1n) is 6.62. The fourth-order valence-electron chi connectivity index (χ4n) is 2.41. The highest BCUT2D eigenvalue weighted by Crippen LogP contribution is 2.41. The van der Waals surface area contributed by atoms with E-state index in [9.17, 15) is 9.18 Å². The van der Waals surface area contributed by atoms with Crippen LogP contribution in [0.1, 0.15) is 22.1 Å². The third-order valence-corrected chi connectivity index (χ3v) is 3.43. The van der Waals surface area contributed by atoms with E-state index in [0.29, 0.717) is 28.3 Å². The van der Waals surface area contributed by atoms with Gasteiger partial charge in [-0.05, 0) is 36.4 Å². The van der Waals surface area contributed by atoms with Crippen LogP contribution in [-0.4, -0.2) is 20.2 Å². The minimum absolute atomic E-state index is 0.333. The van der Waals surface area contributed by atoms with Crippen LogP contribution in [0.4, 0.5) is 10.1 Å². The molecular formula is C16H14FNO4. The smallest absolute Gasteiger partial charge is 0.344 e. The predicted octanol–water partition coefficient (Wildman–Crippen LogP) is 3.12. The fourth-order valence-corrected chi connectivity index (χ4v) is 2.41. The van der Waals surface area contributed by atoms with E-state index in [1.54, 1.807) is 24.3 Å². The quantitative estimate of drug-likeness (QED) is 0.879. The number of hydrogen-bond donors (Lipinski definition) is 1. The molecule has 3 rings (SSSR count). The van der Waals surface area contributed by atoms with Crippen LogP contribution in [0.2, 0.25) is 0 Å². The molecule has 1 atom stereocenters. The van der Waals surface area contributed by atoms with E-state index in [1.807, 2.05) is 0 Å². The first kappa shape index (κ1) is 14.2. The Kier molecular flexibility index (Phi) is 3.58. The van der Waals surface area contributed by atoms with Crippen molar-refractivity contribution in [2.45, 2.75) is 6.23 Å². The van der Waals surface area contributed by atoms with Crippen molar-refractivity contribution < 1.29 is 23.4 Å². The third kappa shape index (κ3) is 2.32. The van der Waals surface area contributed by atoms with Gasteiger partial charge in [0.25, 0.3) is 0 Å². The Labute approximate surface area is 126 Å². The number of hydrogen-bond acceptors (Lipinski definition) is 5. The Balaban J connectivity index is 1.96. The lowest BCUT2D eigenvalue weighted by atomic mass is 10.1. The summed E-state index contributed by atoms with van der Waals surface area (Å²) in [5.41, 5.74) is 1.62. The van der Waals surface area contributed by atoms with Crippen LogP contribution in [-0.2, 0) is 4.74 Å². The zero-order valence-corrected chi connectivity index (χ0v) is 12.1. The predicted molar refractivity (Wildman–Crippen MR) is 77.7 cm³/mol. The summed E-state index contributed by atoms with van der Waals surface area (Å²) < 4.78 is 28.7. The molecule has 0 aliphatic carbocycles. The summed E-state index contributed by atoms with van der Waals surface area (Å²) in [5, 5.41) is 3.04. The molecule has 1 unspecified atom stereocenters. The second-order valence-electron chi connectivity index (χ2n) is 4.70. The molecule has 6 heteroatoms. The third-order valence-electron chi connectivity index (χ3n) is 3.43. The van der Waals surface area contributed by atoms with Gasteiger partial charge in [-0.15, -0.1) is 0 Å². The molecule has 0 saturated carbocycles. The molecule has 114 valence electrons. The summed E-state index contributed by atoms with van der Waals surface area (Å²) in [7, 11) is 2.96. The number of benzene rings is 2. The van der Waals surface area contributed by atoms with Gasteiger partial charge in [0.05, 0.1) is 14.2 Å². The summed E-state index contributed by atoms with van der Waals surface area (Å²) in [6, 6.07) is 9.24. The number of fused-ring (bicyclic) bond motifs is 1. The summed E-state index contributed by atoms with van der Waals surface area (Å²) in [6.45, 7) is 0. The summed E-state index contributed by atoms with van der Waals surface area (Å²) >= 11 is 0. The molecule has 1 aliphatic heterocycles. The van der Waals surface area contributed by atoms with Crippen LogP contribution in [0.5, 0.6) is 11.5 Å². The molecule has 22 heavy (non-hydrogen) atoms. The number of ether oxygens (including phenoxy) is 3. The topological polar surface area (TPSA) is 56.8 Å². The van der Waals surface area contributed by atoms with Gasteiger partial charge in [0.15, 0.2) is 11.5 Å². The van der Waals surface area contributed by atoms with Gasteiger partial charge in [0, 0.05) is 11.3 Å². The lowest BCUT2D eigenvalue weighted by Crippen LogP contribution is -2.10. The lowest BCUT2D eigenvalue weighted by Gasteiger charge is -2.15. The van der Waals surface area contributed by atoms with E-state index >= 15 is 0 Å². The van der Waals surface area contributed by atoms with Crippen molar-refractivity contribution in [1.82, 2.24) is 0 Å². The minimum atomic E-state index is -0.659. The van der Waals surface area contributed by atoms with Gasteiger partial charge >= 0.3 is 5.97 Å². The van der Waals surface area contributed by atoms with E-state index in [4.69, 9.17) is 14.2 Å². The second-order valence-corrected chi connectivity index (χ2v) is 4.70. The van der Waals surface area contributed by atoms with Gasteiger partial charge in [-0.25, -0.2) is 9.18 Å². The van der Waals surface area contributed by atoms with Gasteiger partial charge < -0.3 is 19.5 Å². The van der Waals surface area contributed by atoms with Crippen molar-refractivity contribution in [3.63, 3.8) is 0 Å². The molecule has 0 radical (unpaired) electrons. The first-order chi connectivity index (χ1) is 10.6. The second kappa shape index (κ2) is 5.55. The van der Waals surface area contributed by atoms with Gasteiger partial charge in [0.1, 0.15) is 11.4 Å². The van der Waals surface area contributed by atoms with Crippen LogP contribution in [0.25, 0.3) is 0 Å². The summed E-state index contributed by atoms with van der Waals surface area (Å²) in [5.74, 6) is -0.0276. The number of nitrogens with one attached hydrogen (secondary N) is 1. The average Bonchev–Trinajstić information content (AvgIpc) is 2.85. The maximum absolute atomic E-state index is 12.9. The molecule has 2 aromatic carbocycles. The highest BCUT2D eigenvalue weighted by molar-refractivity contribution is 5.98. The maximum Gasteiger partial charge on any atom is 0.344 e. The van der Waals surface area contributed by atoms with E-state index < -0.39 is 12.2 Å². The van der Waals surface area contributed by atoms with Crippen molar-refractivity contribution >= 4 is 11.7 Å². The molecule has 5 nitrogen and oxygen atoms in total. The van der Waals surface area contributed by atoms with Crippen molar-refractivity contribution in [3.8, 4) is 11.5 Å². The van der Waals surface area contributed by atoms with Crippen LogP contribution < -0.4 is 14.8 Å². The van der Waals surface area contributed by atoms with Crippen molar-refractivity contribution in [2.24, 2.45) is 0 Å². The molecule has 1 N–H and O–H groups in total. The molecular weight excluding hydrogens is 289 g/mol. The molecule has 0 aromatic heterocycles. The molecule has 1 heterocycles. The number of carbonyl (C=O) groups is 1. The van der Waals surface area contributed by atoms with Gasteiger partial charge in [-0.3, -0.25) is 0 Å². The van der Waals surface area contributed by atoms with Crippen LogP contribution >= 0.6 is 0 Å². The molecule has 0 fully saturated rings. The molecule has 0 saturated heterocycles. The number of halogens is 1. The van der Waals surface area contributed by atoms with Crippen molar-refractivity contribution in [3.05, 3.63) is 53.3 Å². The van der Waals surface area contributed by atoms with Gasteiger partial charge in [-0.1, -0.05) is 0 Å². The highest BCUT2D eigenvalue weighted by Gasteiger charge is 2.35. The van der Waals surface area contributed by atoms with Crippen molar-refractivity contribution in [2.75, 3.05) is 19.5 Å². The fraction of sp³-hybridized carbons (Fsp3) is 0.188. The number of esters is 1. The standard InChI is InChI=1S/C16H14FNO4/c1-20-12-8-7-11-13(14(12)21-2)16(19)22-15(11)18-10-5-3-9(17)4-6-10/h3-8,15,18H,1-2H3. The number of cyclic esters (lactones) is 1. The SMILES string of the molecule is COc1ccc2c(c1OC)C(=O)OC2Nc1ccc(F)cc1. The Bertz CT molecular complexity index is 715. The molecule has 0 bridgehead atoms. The Morgan fingerprint density at radius 3 is 2.45 bits per heavy atom. The van der Waals surface area contributed by atoms with E-state index in [1.165, 1.54) is 26.4 Å². The Morgan fingerprint density at radius 1 is 1.09 bits per heavy atom. The average molecular weight is 303 g/mol. The van der Waals surface area contributed by atoms with Crippen molar-refractivity contribution in [1.29, 1.82) is 0 Å². The number of carbonyl (C=O) groups excluding carboxylic acids is 1. The minimum Gasteiger partial charge on any atom is -0.493 e. The van der Waals surface area contributed by atoms with Gasteiger partial charge in [-0.2, -0.15) is 0 Å². The van der Waals surface area contributed by atoms with Gasteiger partial charge in [0.2, 0.25) is 6.23 Å². The van der Waals surface area contributed by atoms with Crippen LogP contribution in [0, 0.1) is 5.82 Å². The van der Waals surface area contributed by atoms with E-state index in [-0.39, 0.29) is 5.82 Å². The first-order valence-corrected chi connectivity index (χ1v) is 6.62.